The van der Waals surface area contributed by atoms with Crippen molar-refractivity contribution in [3.05, 3.63) is 12.2 Å². The second-order valence-corrected chi connectivity index (χ2v) is 5.97. The van der Waals surface area contributed by atoms with Gasteiger partial charge in [0.15, 0.2) is 0 Å². The highest BCUT2D eigenvalue weighted by molar-refractivity contribution is 5.66. The van der Waals surface area contributed by atoms with Crippen molar-refractivity contribution in [3.63, 3.8) is 0 Å². The fourth-order valence-electron chi connectivity index (χ4n) is 2.46. The van der Waals surface area contributed by atoms with E-state index in [1.165, 1.54) is 25.7 Å². The van der Waals surface area contributed by atoms with E-state index in [1.54, 1.807) is 0 Å². The van der Waals surface area contributed by atoms with Crippen LogP contribution in [0.25, 0.3) is 0 Å². The molecule has 0 radical (unpaired) electrons. The molecule has 0 saturated carbocycles. The summed E-state index contributed by atoms with van der Waals surface area (Å²) in [6.45, 7) is 2.17. The molecule has 0 saturated heterocycles. The van der Waals surface area contributed by atoms with E-state index in [4.69, 9.17) is 10.4 Å². The summed E-state index contributed by atoms with van der Waals surface area (Å²) in [5.41, 5.74) is 0. The summed E-state index contributed by atoms with van der Waals surface area (Å²) in [5.74, 6) is -0.692. The molecule has 0 aliphatic heterocycles. The molecule has 0 heterocycles. The first-order chi connectivity index (χ1) is 10.7. The summed E-state index contributed by atoms with van der Waals surface area (Å²) in [6.07, 6.45) is 17.3. The molecule has 0 aliphatic carbocycles. The van der Waals surface area contributed by atoms with Crippen LogP contribution in [0.5, 0.6) is 0 Å². The maximum absolute atomic E-state index is 10.3. The summed E-state index contributed by atoms with van der Waals surface area (Å²) in [6, 6.07) is 0. The molecule has 0 bridgehead atoms. The first kappa shape index (κ1) is 21.1. The lowest BCUT2D eigenvalue weighted by Crippen LogP contribution is -2.10. The van der Waals surface area contributed by atoms with Crippen LogP contribution in [0.2, 0.25) is 0 Å². The predicted molar refractivity (Wildman–Crippen MR) is 90.0 cm³/mol. The SMILES string of the molecule is CCCCCC(CCC=CCCCCCCCC(=O)O)OO. The Labute approximate surface area is 135 Å². The number of hydrogen-bond donors (Lipinski definition) is 2. The van der Waals surface area contributed by atoms with Crippen molar-refractivity contribution >= 4 is 5.97 Å². The second kappa shape index (κ2) is 16.5. The Morgan fingerprint density at radius 1 is 0.955 bits per heavy atom. The number of rotatable bonds is 16. The first-order valence-corrected chi connectivity index (χ1v) is 8.87. The van der Waals surface area contributed by atoms with Gasteiger partial charge in [-0.25, -0.2) is 4.89 Å². The van der Waals surface area contributed by atoms with Gasteiger partial charge in [0.05, 0.1) is 6.10 Å². The Morgan fingerprint density at radius 2 is 1.64 bits per heavy atom. The summed E-state index contributed by atoms with van der Waals surface area (Å²) in [7, 11) is 0. The number of carboxylic acid groups (broad SMARTS) is 1. The Morgan fingerprint density at radius 3 is 2.32 bits per heavy atom. The second-order valence-electron chi connectivity index (χ2n) is 5.97. The van der Waals surface area contributed by atoms with E-state index in [0.717, 1.165) is 51.4 Å². The van der Waals surface area contributed by atoms with Crippen molar-refractivity contribution in [2.75, 3.05) is 0 Å². The third kappa shape index (κ3) is 15.5. The topological polar surface area (TPSA) is 66.8 Å². The first-order valence-electron chi connectivity index (χ1n) is 8.87. The Kier molecular flexibility index (Phi) is 15.8. The molecule has 1 unspecified atom stereocenters. The monoisotopic (exact) mass is 314 g/mol. The normalized spacial score (nSPS) is 12.8. The Hall–Kier alpha value is -0.870. The van der Waals surface area contributed by atoms with Crippen LogP contribution in [0.3, 0.4) is 0 Å². The lowest BCUT2D eigenvalue weighted by Gasteiger charge is -2.11. The van der Waals surface area contributed by atoms with Crippen LogP contribution < -0.4 is 0 Å². The lowest BCUT2D eigenvalue weighted by atomic mass is 10.1. The van der Waals surface area contributed by atoms with E-state index in [9.17, 15) is 4.79 Å². The van der Waals surface area contributed by atoms with Crippen LogP contribution >= 0.6 is 0 Å². The molecule has 0 amide bonds. The quantitative estimate of drug-likeness (QED) is 0.169. The zero-order chi connectivity index (χ0) is 16.5. The Balaban J connectivity index is 3.36. The summed E-state index contributed by atoms with van der Waals surface area (Å²) in [5, 5.41) is 17.4. The van der Waals surface area contributed by atoms with Crippen molar-refractivity contribution in [2.24, 2.45) is 0 Å². The molecule has 0 spiro atoms. The highest BCUT2D eigenvalue weighted by atomic mass is 17.1. The molecule has 4 nitrogen and oxygen atoms in total. The average molecular weight is 314 g/mol. The molecule has 0 aromatic rings. The third-order valence-corrected chi connectivity index (χ3v) is 3.86. The van der Waals surface area contributed by atoms with Gasteiger partial charge >= 0.3 is 5.97 Å². The number of allylic oxidation sites excluding steroid dienone is 2. The van der Waals surface area contributed by atoms with Gasteiger partial charge in [0, 0.05) is 6.42 Å². The zero-order valence-corrected chi connectivity index (χ0v) is 14.1. The molecule has 2 N–H and O–H groups in total. The van der Waals surface area contributed by atoms with Crippen LogP contribution in [0, 0.1) is 0 Å². The van der Waals surface area contributed by atoms with Crippen LogP contribution in [-0.4, -0.2) is 22.4 Å². The van der Waals surface area contributed by atoms with Gasteiger partial charge in [-0.1, -0.05) is 57.6 Å². The van der Waals surface area contributed by atoms with Crippen molar-refractivity contribution in [1.82, 2.24) is 0 Å². The lowest BCUT2D eigenvalue weighted by molar-refractivity contribution is -0.281. The number of aliphatic carboxylic acids is 1. The van der Waals surface area contributed by atoms with Gasteiger partial charge in [0.2, 0.25) is 0 Å². The van der Waals surface area contributed by atoms with E-state index >= 15 is 0 Å². The third-order valence-electron chi connectivity index (χ3n) is 3.86. The van der Waals surface area contributed by atoms with Gasteiger partial charge in [0.1, 0.15) is 0 Å². The van der Waals surface area contributed by atoms with Gasteiger partial charge in [-0.3, -0.25) is 10.1 Å². The molecular weight excluding hydrogens is 280 g/mol. The molecule has 22 heavy (non-hydrogen) atoms. The van der Waals surface area contributed by atoms with Crippen molar-refractivity contribution in [2.45, 2.75) is 96.5 Å². The molecular formula is C18H34O4. The maximum atomic E-state index is 10.3. The molecule has 0 fully saturated rings. The van der Waals surface area contributed by atoms with E-state index < -0.39 is 5.97 Å². The smallest absolute Gasteiger partial charge is 0.303 e. The van der Waals surface area contributed by atoms with Crippen LogP contribution in [0.1, 0.15) is 90.4 Å². The molecule has 0 aromatic heterocycles. The van der Waals surface area contributed by atoms with Crippen LogP contribution in [0.15, 0.2) is 12.2 Å². The van der Waals surface area contributed by atoms with Gasteiger partial charge in [-0.05, 0) is 38.5 Å². The molecule has 0 rings (SSSR count). The molecule has 0 aliphatic rings. The van der Waals surface area contributed by atoms with E-state index in [2.05, 4.69) is 24.0 Å². The molecule has 0 aromatic carbocycles. The summed E-state index contributed by atoms with van der Waals surface area (Å²) < 4.78 is 0. The zero-order valence-electron chi connectivity index (χ0n) is 14.1. The van der Waals surface area contributed by atoms with E-state index in [1.807, 2.05) is 0 Å². The fraction of sp³-hybridized carbons (Fsp3) is 0.833. The van der Waals surface area contributed by atoms with Crippen LogP contribution in [-0.2, 0) is 9.68 Å². The highest BCUT2D eigenvalue weighted by Crippen LogP contribution is 2.12. The molecule has 4 heteroatoms. The van der Waals surface area contributed by atoms with Gasteiger partial charge in [0.25, 0.3) is 0 Å². The number of carboxylic acids is 1. The van der Waals surface area contributed by atoms with Crippen LogP contribution in [0.4, 0.5) is 0 Å². The minimum Gasteiger partial charge on any atom is -0.481 e. The average Bonchev–Trinajstić information content (AvgIpc) is 2.50. The minimum atomic E-state index is -0.692. The van der Waals surface area contributed by atoms with Gasteiger partial charge < -0.3 is 5.11 Å². The van der Waals surface area contributed by atoms with Crippen molar-refractivity contribution in [3.8, 4) is 0 Å². The van der Waals surface area contributed by atoms with Gasteiger partial charge in [-0.15, -0.1) is 0 Å². The Bertz CT molecular complexity index is 276. The molecule has 1 atom stereocenters. The molecule has 130 valence electrons. The fourth-order valence-corrected chi connectivity index (χ4v) is 2.46. The van der Waals surface area contributed by atoms with E-state index in [0.29, 0.717) is 6.42 Å². The highest BCUT2D eigenvalue weighted by Gasteiger charge is 2.06. The van der Waals surface area contributed by atoms with Gasteiger partial charge in [-0.2, -0.15) is 0 Å². The number of hydrogen-bond acceptors (Lipinski definition) is 3. The van der Waals surface area contributed by atoms with Crippen molar-refractivity contribution < 1.29 is 20.0 Å². The summed E-state index contributed by atoms with van der Waals surface area (Å²) in [4.78, 5) is 14.9. The maximum Gasteiger partial charge on any atom is 0.303 e. The number of unbranched alkanes of at least 4 members (excludes halogenated alkanes) is 7. The predicted octanol–water partition coefficient (Wildman–Crippen LogP) is 5.58. The van der Waals surface area contributed by atoms with Crippen molar-refractivity contribution in [1.29, 1.82) is 0 Å². The number of carbonyl (C=O) groups is 1. The largest absolute Gasteiger partial charge is 0.481 e. The summed E-state index contributed by atoms with van der Waals surface area (Å²) >= 11 is 0. The van der Waals surface area contributed by atoms with E-state index in [-0.39, 0.29) is 6.10 Å². The standard InChI is InChI=1S/C18H34O4/c1-2-3-11-14-17(22-21)15-12-9-7-5-4-6-8-10-13-16-18(19)20/h7,9,17,21H,2-6,8,10-16H2,1H3,(H,19,20). The minimum absolute atomic E-state index is 0.0227.